The second-order valence-electron chi connectivity index (χ2n) is 5.04. The summed E-state index contributed by atoms with van der Waals surface area (Å²) in [6, 6.07) is 21.5. The molecule has 0 fully saturated rings. The van der Waals surface area contributed by atoms with Crippen molar-refractivity contribution in [2.45, 2.75) is 38.5 Å². The average molecular weight is 251 g/mol. The first-order chi connectivity index (χ1) is 9.45. The summed E-state index contributed by atoms with van der Waals surface area (Å²) < 4.78 is 0. The van der Waals surface area contributed by atoms with Gasteiger partial charge in [-0.25, -0.2) is 0 Å². The van der Waals surface area contributed by atoms with Crippen LogP contribution in [-0.4, -0.2) is 0 Å². The Morgan fingerprint density at radius 3 is 1.42 bits per heavy atom. The number of benzene rings is 2. The van der Waals surface area contributed by atoms with E-state index in [1.54, 1.807) is 0 Å². The Morgan fingerprint density at radius 1 is 0.579 bits per heavy atom. The van der Waals surface area contributed by atoms with Crippen molar-refractivity contribution in [3.8, 4) is 0 Å². The minimum absolute atomic E-state index is 1.20. The number of rotatable bonds is 8. The first-order valence-corrected chi connectivity index (χ1v) is 7.34. The molecule has 0 heteroatoms. The Labute approximate surface area is 117 Å². The molecular formula is C19H23. The number of unbranched alkanes of at least 4 members (excludes halogenated alkanes) is 4. The maximum atomic E-state index is 2.45. The van der Waals surface area contributed by atoms with Crippen LogP contribution in [0.4, 0.5) is 0 Å². The van der Waals surface area contributed by atoms with E-state index in [9.17, 15) is 0 Å². The monoisotopic (exact) mass is 251 g/mol. The molecule has 0 aromatic heterocycles. The molecule has 99 valence electrons. The highest BCUT2D eigenvalue weighted by Crippen LogP contribution is 2.10. The second kappa shape index (κ2) is 8.53. The molecule has 0 aliphatic carbocycles. The van der Waals surface area contributed by atoms with Crippen molar-refractivity contribution in [1.29, 1.82) is 0 Å². The minimum atomic E-state index is 1.20. The van der Waals surface area contributed by atoms with Gasteiger partial charge in [-0.3, -0.25) is 0 Å². The third-order valence-corrected chi connectivity index (χ3v) is 3.43. The van der Waals surface area contributed by atoms with Gasteiger partial charge in [0, 0.05) is 0 Å². The van der Waals surface area contributed by atoms with Crippen LogP contribution in [0.15, 0.2) is 60.7 Å². The summed E-state index contributed by atoms with van der Waals surface area (Å²) in [5.74, 6) is 0. The highest BCUT2D eigenvalue weighted by Gasteiger charge is 1.95. The molecule has 0 saturated heterocycles. The van der Waals surface area contributed by atoms with E-state index >= 15 is 0 Å². The van der Waals surface area contributed by atoms with E-state index < -0.39 is 0 Å². The molecule has 2 aromatic carbocycles. The predicted molar refractivity (Wildman–Crippen MR) is 83.1 cm³/mol. The zero-order valence-corrected chi connectivity index (χ0v) is 11.6. The molecule has 0 spiro atoms. The third kappa shape index (κ3) is 5.74. The molecule has 0 unspecified atom stereocenters. The lowest BCUT2D eigenvalue weighted by Gasteiger charge is -2.03. The zero-order chi connectivity index (χ0) is 13.2. The summed E-state index contributed by atoms with van der Waals surface area (Å²) in [4.78, 5) is 0. The van der Waals surface area contributed by atoms with Crippen LogP contribution in [0.3, 0.4) is 0 Å². The lowest BCUT2D eigenvalue weighted by atomic mass is 10.0. The lowest BCUT2D eigenvalue weighted by Crippen LogP contribution is -1.88. The number of aryl methyl sites for hydroxylation is 2. The molecule has 2 aromatic rings. The van der Waals surface area contributed by atoms with Gasteiger partial charge in [-0.1, -0.05) is 60.7 Å². The second-order valence-corrected chi connectivity index (χ2v) is 5.04. The molecule has 0 nitrogen and oxygen atoms in total. The Hall–Kier alpha value is -1.56. The Bertz CT molecular complexity index is 387. The van der Waals surface area contributed by atoms with Gasteiger partial charge in [0.15, 0.2) is 0 Å². The van der Waals surface area contributed by atoms with Gasteiger partial charge in [0.25, 0.3) is 0 Å². The van der Waals surface area contributed by atoms with Crippen molar-refractivity contribution >= 4 is 0 Å². The van der Waals surface area contributed by atoms with Crippen LogP contribution in [0.25, 0.3) is 0 Å². The largest absolute Gasteiger partial charge is 0.0622 e. The molecule has 0 bridgehead atoms. The number of hydrogen-bond donors (Lipinski definition) is 0. The van der Waals surface area contributed by atoms with E-state index in [-0.39, 0.29) is 0 Å². The maximum Gasteiger partial charge on any atom is -0.0279 e. The van der Waals surface area contributed by atoms with Gasteiger partial charge in [-0.2, -0.15) is 0 Å². The van der Waals surface area contributed by atoms with Crippen molar-refractivity contribution in [3.05, 3.63) is 78.2 Å². The lowest BCUT2D eigenvalue weighted by molar-refractivity contribution is 0.725. The fraction of sp³-hybridized carbons (Fsp3) is 0.316. The maximum absolute atomic E-state index is 2.45. The quantitative estimate of drug-likeness (QED) is 0.563. The molecule has 19 heavy (non-hydrogen) atoms. The van der Waals surface area contributed by atoms with Gasteiger partial charge in [-0.15, -0.1) is 0 Å². The molecule has 0 atom stereocenters. The molecule has 1 radical (unpaired) electrons. The van der Waals surface area contributed by atoms with E-state index in [1.807, 2.05) is 0 Å². The Morgan fingerprint density at radius 2 is 1.00 bits per heavy atom. The van der Waals surface area contributed by atoms with Crippen LogP contribution in [-0.2, 0) is 12.8 Å². The van der Waals surface area contributed by atoms with Crippen LogP contribution in [0, 0.1) is 6.42 Å². The topological polar surface area (TPSA) is 0 Å². The van der Waals surface area contributed by atoms with Crippen LogP contribution < -0.4 is 0 Å². The van der Waals surface area contributed by atoms with E-state index in [0.29, 0.717) is 0 Å². The fourth-order valence-electron chi connectivity index (χ4n) is 2.33. The standard InChI is InChI=1S/C19H23/c1(2-6-12-18-14-8-4-9-15-18)3-7-13-19-16-10-5-11-17-19/h1,4-5,8-11,14-17H,2-3,6-7,12-13H2. The SMILES string of the molecule is [CH](CCCc1ccccc1)CCCc1ccccc1. The minimum Gasteiger partial charge on any atom is -0.0622 e. The van der Waals surface area contributed by atoms with Crippen molar-refractivity contribution in [3.63, 3.8) is 0 Å². The van der Waals surface area contributed by atoms with Crippen LogP contribution in [0.1, 0.15) is 36.8 Å². The van der Waals surface area contributed by atoms with Gasteiger partial charge in [-0.05, 0) is 56.1 Å². The summed E-state index contributed by atoms with van der Waals surface area (Å²) in [6.07, 6.45) is 9.88. The van der Waals surface area contributed by atoms with Gasteiger partial charge < -0.3 is 0 Å². The first-order valence-electron chi connectivity index (χ1n) is 7.34. The van der Waals surface area contributed by atoms with Crippen molar-refractivity contribution < 1.29 is 0 Å². The van der Waals surface area contributed by atoms with Crippen LogP contribution >= 0.6 is 0 Å². The molecule has 0 aliphatic rings. The Kier molecular flexibility index (Phi) is 6.22. The average Bonchev–Trinajstić information content (AvgIpc) is 2.48. The summed E-state index contributed by atoms with van der Waals surface area (Å²) in [7, 11) is 0. The molecule has 2 rings (SSSR count). The van der Waals surface area contributed by atoms with E-state index in [4.69, 9.17) is 0 Å². The summed E-state index contributed by atoms with van der Waals surface area (Å²) in [5, 5.41) is 0. The molecule has 0 saturated carbocycles. The normalized spacial score (nSPS) is 10.5. The smallest absolute Gasteiger partial charge is 0.0279 e. The Balaban J connectivity index is 1.49. The molecule has 0 N–H and O–H groups in total. The van der Waals surface area contributed by atoms with Crippen molar-refractivity contribution in [2.24, 2.45) is 0 Å². The number of hydrogen-bond acceptors (Lipinski definition) is 0. The summed E-state index contributed by atoms with van der Waals surface area (Å²) >= 11 is 0. The van der Waals surface area contributed by atoms with Crippen molar-refractivity contribution in [1.82, 2.24) is 0 Å². The molecule has 0 heterocycles. The van der Waals surface area contributed by atoms with Crippen LogP contribution in [0.2, 0.25) is 0 Å². The third-order valence-electron chi connectivity index (χ3n) is 3.43. The highest BCUT2D eigenvalue weighted by molar-refractivity contribution is 5.15. The van der Waals surface area contributed by atoms with E-state index in [0.717, 1.165) is 0 Å². The summed E-state index contributed by atoms with van der Waals surface area (Å²) in [5.41, 5.74) is 2.92. The predicted octanol–water partition coefficient (Wildman–Crippen LogP) is 5.24. The fourth-order valence-corrected chi connectivity index (χ4v) is 2.33. The summed E-state index contributed by atoms with van der Waals surface area (Å²) in [6.45, 7) is 0. The molecule has 0 amide bonds. The first kappa shape index (κ1) is 13.9. The molecule has 0 aliphatic heterocycles. The van der Waals surface area contributed by atoms with E-state index in [1.165, 1.54) is 49.7 Å². The van der Waals surface area contributed by atoms with Gasteiger partial charge in [0.05, 0.1) is 0 Å². The van der Waals surface area contributed by atoms with Gasteiger partial charge in [0.2, 0.25) is 0 Å². The highest BCUT2D eigenvalue weighted by atomic mass is 14.0. The van der Waals surface area contributed by atoms with Crippen LogP contribution in [0.5, 0.6) is 0 Å². The van der Waals surface area contributed by atoms with E-state index in [2.05, 4.69) is 67.1 Å². The van der Waals surface area contributed by atoms with Gasteiger partial charge in [0.1, 0.15) is 0 Å². The molecular weight excluding hydrogens is 228 g/mol. The zero-order valence-electron chi connectivity index (χ0n) is 11.6. The van der Waals surface area contributed by atoms with Gasteiger partial charge >= 0.3 is 0 Å². The van der Waals surface area contributed by atoms with Crippen molar-refractivity contribution in [2.75, 3.05) is 0 Å².